The summed E-state index contributed by atoms with van der Waals surface area (Å²) >= 11 is 4.81. The highest BCUT2D eigenvalue weighted by atomic mass is 79.9. The van der Waals surface area contributed by atoms with E-state index in [0.29, 0.717) is 16.5 Å². The summed E-state index contributed by atoms with van der Waals surface area (Å²) in [6, 6.07) is 13.0. The number of thioether (sulfide) groups is 1. The first kappa shape index (κ1) is 26.9. The van der Waals surface area contributed by atoms with Gasteiger partial charge in [-0.15, -0.1) is 10.2 Å². The molecule has 35 heavy (non-hydrogen) atoms. The van der Waals surface area contributed by atoms with Crippen LogP contribution in [0, 0.1) is 12.8 Å². The summed E-state index contributed by atoms with van der Waals surface area (Å²) < 4.78 is 2.83. The molecule has 1 aromatic heterocycles. The predicted molar refractivity (Wildman–Crippen MR) is 145 cm³/mol. The van der Waals surface area contributed by atoms with Crippen molar-refractivity contribution in [3.63, 3.8) is 0 Å². The summed E-state index contributed by atoms with van der Waals surface area (Å²) in [7, 11) is 1.86. The van der Waals surface area contributed by atoms with Gasteiger partial charge in [-0.2, -0.15) is 0 Å². The fourth-order valence-electron chi connectivity index (χ4n) is 3.70. The first-order valence-electron chi connectivity index (χ1n) is 11.6. The molecule has 0 radical (unpaired) electrons. The maximum Gasteiger partial charge on any atom is 0.251 e. The molecule has 0 saturated heterocycles. The van der Waals surface area contributed by atoms with Gasteiger partial charge in [0.2, 0.25) is 5.91 Å². The Bertz CT molecular complexity index is 1210. The lowest BCUT2D eigenvalue weighted by atomic mass is 10.0. The molecule has 0 fully saturated rings. The third-order valence-corrected chi connectivity index (χ3v) is 7.14. The lowest BCUT2D eigenvalue weighted by Crippen LogP contribution is -2.33. The van der Waals surface area contributed by atoms with E-state index in [1.807, 2.05) is 68.8 Å². The molecule has 2 aromatic carbocycles. The second-order valence-electron chi connectivity index (χ2n) is 9.19. The number of aromatic nitrogens is 3. The Labute approximate surface area is 219 Å². The van der Waals surface area contributed by atoms with Gasteiger partial charge in [0.05, 0.1) is 11.8 Å². The van der Waals surface area contributed by atoms with Crippen LogP contribution in [0.2, 0.25) is 0 Å². The average molecular weight is 559 g/mol. The maximum absolute atomic E-state index is 12.9. The van der Waals surface area contributed by atoms with E-state index in [1.54, 1.807) is 6.07 Å². The zero-order valence-electron chi connectivity index (χ0n) is 20.9. The molecule has 1 heterocycles. The molecule has 0 aliphatic carbocycles. The number of carbonyl (C=O) groups is 2. The van der Waals surface area contributed by atoms with Gasteiger partial charge < -0.3 is 15.2 Å². The van der Waals surface area contributed by atoms with E-state index in [4.69, 9.17) is 0 Å². The molecular weight excluding hydrogens is 526 g/mol. The molecule has 9 heteroatoms. The molecule has 2 N–H and O–H groups in total. The van der Waals surface area contributed by atoms with Gasteiger partial charge >= 0.3 is 0 Å². The molecule has 2 amide bonds. The zero-order chi connectivity index (χ0) is 25.7. The number of hydrogen-bond acceptors (Lipinski definition) is 5. The van der Waals surface area contributed by atoms with Crippen LogP contribution in [0.5, 0.6) is 0 Å². The van der Waals surface area contributed by atoms with Crippen molar-refractivity contribution >= 4 is 45.2 Å². The number of carbonyl (C=O) groups excluding carboxylic acids is 2. The van der Waals surface area contributed by atoms with Crippen molar-refractivity contribution in [1.82, 2.24) is 20.1 Å². The van der Waals surface area contributed by atoms with Crippen molar-refractivity contribution in [1.29, 1.82) is 0 Å². The van der Waals surface area contributed by atoms with Crippen LogP contribution < -0.4 is 10.6 Å². The molecule has 0 aliphatic heterocycles. The van der Waals surface area contributed by atoms with E-state index in [-0.39, 0.29) is 35.4 Å². The molecule has 0 bridgehead atoms. The summed E-state index contributed by atoms with van der Waals surface area (Å²) in [5.74, 6) is 0.955. The largest absolute Gasteiger partial charge is 0.342 e. The lowest BCUT2D eigenvalue weighted by molar-refractivity contribution is -0.113. The van der Waals surface area contributed by atoms with Crippen molar-refractivity contribution in [3.05, 3.63) is 69.5 Å². The number of hydrogen-bond donors (Lipinski definition) is 2. The van der Waals surface area contributed by atoms with Crippen LogP contribution in [-0.4, -0.2) is 32.3 Å². The second-order valence-corrected chi connectivity index (χ2v) is 11.0. The Kier molecular flexibility index (Phi) is 9.13. The topological polar surface area (TPSA) is 88.9 Å². The number of aryl methyl sites for hydroxylation is 1. The Morgan fingerprint density at radius 1 is 1.09 bits per heavy atom. The molecule has 0 spiro atoms. The highest BCUT2D eigenvalue weighted by Crippen LogP contribution is 2.29. The normalized spacial score (nSPS) is 12.1. The number of rotatable bonds is 9. The average Bonchev–Trinajstić information content (AvgIpc) is 3.16. The minimum absolute atomic E-state index is 0.0969. The molecular formula is C26H32BrN5O2S. The van der Waals surface area contributed by atoms with Gasteiger partial charge in [-0.1, -0.05) is 73.1 Å². The van der Waals surface area contributed by atoms with E-state index in [0.717, 1.165) is 21.3 Å². The molecule has 0 saturated carbocycles. The highest BCUT2D eigenvalue weighted by Gasteiger charge is 2.25. The maximum atomic E-state index is 12.9. The predicted octanol–water partition coefficient (Wildman–Crippen LogP) is 5.87. The van der Waals surface area contributed by atoms with Crippen LogP contribution in [0.15, 0.2) is 52.1 Å². The van der Waals surface area contributed by atoms with Crippen molar-refractivity contribution < 1.29 is 9.59 Å². The number of amides is 2. The van der Waals surface area contributed by atoms with Crippen molar-refractivity contribution in [2.45, 2.75) is 51.7 Å². The van der Waals surface area contributed by atoms with E-state index in [9.17, 15) is 9.59 Å². The molecule has 7 nitrogen and oxygen atoms in total. The van der Waals surface area contributed by atoms with Gasteiger partial charge in [-0.05, 0) is 54.7 Å². The molecule has 0 unspecified atom stereocenters. The Hall–Kier alpha value is -2.65. The molecule has 1 atom stereocenters. The summed E-state index contributed by atoms with van der Waals surface area (Å²) in [5, 5.41) is 15.4. The van der Waals surface area contributed by atoms with E-state index in [1.165, 1.54) is 11.8 Å². The third-order valence-electron chi connectivity index (χ3n) is 5.62. The number of halogens is 1. The Morgan fingerprint density at radius 3 is 2.49 bits per heavy atom. The lowest BCUT2D eigenvalue weighted by Gasteiger charge is -2.22. The van der Waals surface area contributed by atoms with Crippen molar-refractivity contribution in [2.24, 2.45) is 13.0 Å². The van der Waals surface area contributed by atoms with Crippen LogP contribution in [0.4, 0.5) is 5.69 Å². The summed E-state index contributed by atoms with van der Waals surface area (Å²) in [5.41, 5.74) is 3.52. The van der Waals surface area contributed by atoms with Crippen LogP contribution in [0.3, 0.4) is 0 Å². The van der Waals surface area contributed by atoms with Crippen molar-refractivity contribution in [3.8, 4) is 0 Å². The fourth-order valence-corrected chi connectivity index (χ4v) is 4.80. The van der Waals surface area contributed by atoms with Gasteiger partial charge in [0, 0.05) is 22.8 Å². The standard InChI is InChI=1S/C26H32BrN5O2S/c1-15(2)20-13-19(27)10-11-21(20)28-22(33)14-35-26-31-30-24(32(26)6)23(16(3)4)29-25(34)18-9-7-8-17(5)12-18/h7-13,15-16,23H,14H2,1-6H3,(H,28,33)(H,29,34)/t23-/m1/s1. The monoisotopic (exact) mass is 557 g/mol. The molecule has 3 rings (SSSR count). The fraction of sp³-hybridized carbons (Fsp3) is 0.385. The molecule has 186 valence electrons. The summed E-state index contributed by atoms with van der Waals surface area (Å²) in [6.07, 6.45) is 0. The number of anilines is 1. The van der Waals surface area contributed by atoms with Crippen LogP contribution in [0.25, 0.3) is 0 Å². The van der Waals surface area contributed by atoms with Crippen molar-refractivity contribution in [2.75, 3.05) is 11.1 Å². The third kappa shape index (κ3) is 6.95. The molecule has 3 aromatic rings. The van der Waals surface area contributed by atoms with Gasteiger partial charge in [-0.3, -0.25) is 9.59 Å². The molecule has 0 aliphatic rings. The first-order valence-corrected chi connectivity index (χ1v) is 13.3. The minimum Gasteiger partial charge on any atom is -0.342 e. The van der Waals surface area contributed by atoms with Crippen LogP contribution in [-0.2, 0) is 11.8 Å². The number of nitrogens with one attached hydrogen (secondary N) is 2. The van der Waals surface area contributed by atoms with E-state index < -0.39 is 0 Å². The van der Waals surface area contributed by atoms with E-state index in [2.05, 4.69) is 50.6 Å². The zero-order valence-corrected chi connectivity index (χ0v) is 23.3. The number of benzene rings is 2. The van der Waals surface area contributed by atoms with Gasteiger partial charge in [-0.25, -0.2) is 0 Å². The Morgan fingerprint density at radius 2 is 1.83 bits per heavy atom. The van der Waals surface area contributed by atoms with Crippen LogP contribution >= 0.6 is 27.7 Å². The summed E-state index contributed by atoms with van der Waals surface area (Å²) in [4.78, 5) is 25.5. The van der Waals surface area contributed by atoms with Gasteiger partial charge in [0.25, 0.3) is 5.91 Å². The van der Waals surface area contributed by atoms with Gasteiger partial charge in [0.1, 0.15) is 0 Å². The van der Waals surface area contributed by atoms with Gasteiger partial charge in [0.15, 0.2) is 11.0 Å². The summed E-state index contributed by atoms with van der Waals surface area (Å²) in [6.45, 7) is 10.2. The quantitative estimate of drug-likeness (QED) is 0.321. The second kappa shape index (κ2) is 11.9. The smallest absolute Gasteiger partial charge is 0.251 e. The SMILES string of the molecule is Cc1cccc(C(=O)N[C@@H](c2nnc(SCC(=O)Nc3ccc(Br)cc3C(C)C)n2C)C(C)C)c1. The van der Waals surface area contributed by atoms with E-state index >= 15 is 0 Å². The van der Waals surface area contributed by atoms with Crippen LogP contribution in [0.1, 0.15) is 67.0 Å². The minimum atomic E-state index is -0.319. The first-order chi connectivity index (χ1) is 16.6. The number of nitrogens with zero attached hydrogens (tertiary/aromatic N) is 3. The Balaban J connectivity index is 1.68. The highest BCUT2D eigenvalue weighted by molar-refractivity contribution is 9.10.